The number of anilines is 1. The monoisotopic (exact) mass is 329 g/mol. The standard InChI is InChI=1S/C12H16FN5O5/c1-11(22)8(21)12(2-13,3-19)23-9(11)18-4-15-5-6(18)16-10(14)17-7(5)20/h4,8-9,19,21-22H,2-3H2,1H3,(H3,14,16,17,20)/t8-,9?,11+,12+/m0/s1. The molecule has 11 heteroatoms. The summed E-state index contributed by atoms with van der Waals surface area (Å²) in [5.41, 5.74) is 0.874. The van der Waals surface area contributed by atoms with Crippen molar-refractivity contribution in [2.24, 2.45) is 0 Å². The number of aromatic amines is 1. The van der Waals surface area contributed by atoms with Crippen molar-refractivity contribution in [1.29, 1.82) is 0 Å². The molecule has 1 aliphatic heterocycles. The lowest BCUT2D eigenvalue weighted by atomic mass is 9.88. The number of halogens is 1. The van der Waals surface area contributed by atoms with Crippen LogP contribution in [-0.4, -0.2) is 65.4 Å². The highest BCUT2D eigenvalue weighted by atomic mass is 19.1. The average Bonchev–Trinajstić information content (AvgIpc) is 2.99. The van der Waals surface area contributed by atoms with Crippen LogP contribution in [0, 0.1) is 0 Å². The molecule has 0 radical (unpaired) electrons. The van der Waals surface area contributed by atoms with Crippen molar-refractivity contribution in [3.63, 3.8) is 0 Å². The minimum atomic E-state index is -1.99. The van der Waals surface area contributed by atoms with Crippen molar-refractivity contribution in [3.8, 4) is 0 Å². The summed E-state index contributed by atoms with van der Waals surface area (Å²) < 4.78 is 19.9. The number of nitrogen functional groups attached to an aromatic ring is 1. The number of H-pyrrole nitrogens is 1. The maximum Gasteiger partial charge on any atom is 0.280 e. The largest absolute Gasteiger partial charge is 0.393 e. The molecule has 3 rings (SSSR count). The fourth-order valence-electron chi connectivity index (χ4n) is 2.80. The van der Waals surface area contributed by atoms with Gasteiger partial charge in [0.15, 0.2) is 23.0 Å². The third-order valence-corrected chi connectivity index (χ3v) is 4.10. The molecule has 3 heterocycles. The van der Waals surface area contributed by atoms with E-state index in [1.165, 1.54) is 6.92 Å². The van der Waals surface area contributed by atoms with E-state index in [1.54, 1.807) is 0 Å². The van der Waals surface area contributed by atoms with Crippen molar-refractivity contribution in [3.05, 3.63) is 16.7 Å². The van der Waals surface area contributed by atoms with E-state index in [0.29, 0.717) is 0 Å². The van der Waals surface area contributed by atoms with Gasteiger partial charge in [-0.1, -0.05) is 0 Å². The first kappa shape index (κ1) is 15.8. The number of rotatable bonds is 3. The van der Waals surface area contributed by atoms with Crippen molar-refractivity contribution in [2.75, 3.05) is 19.0 Å². The van der Waals surface area contributed by atoms with E-state index in [1.807, 2.05) is 0 Å². The van der Waals surface area contributed by atoms with Crippen LogP contribution in [0.1, 0.15) is 13.2 Å². The number of hydrogen-bond acceptors (Lipinski definition) is 8. The Hall–Kier alpha value is -2.08. The molecule has 0 aliphatic carbocycles. The Morgan fingerprint density at radius 2 is 2.30 bits per heavy atom. The number of hydrogen-bond donors (Lipinski definition) is 5. The van der Waals surface area contributed by atoms with Gasteiger partial charge in [0.2, 0.25) is 5.95 Å². The lowest BCUT2D eigenvalue weighted by Gasteiger charge is -2.29. The summed E-state index contributed by atoms with van der Waals surface area (Å²) in [5.74, 6) is -0.179. The van der Waals surface area contributed by atoms with Crippen LogP contribution in [-0.2, 0) is 4.74 Å². The van der Waals surface area contributed by atoms with Crippen LogP contribution in [0.5, 0.6) is 0 Å². The van der Waals surface area contributed by atoms with E-state index in [4.69, 9.17) is 10.5 Å². The summed E-state index contributed by atoms with van der Waals surface area (Å²) in [7, 11) is 0. The van der Waals surface area contributed by atoms with Gasteiger partial charge in [0.1, 0.15) is 18.4 Å². The fourth-order valence-corrected chi connectivity index (χ4v) is 2.80. The van der Waals surface area contributed by atoms with Gasteiger partial charge in [-0.05, 0) is 6.92 Å². The number of aliphatic hydroxyl groups is 3. The highest BCUT2D eigenvalue weighted by Crippen LogP contribution is 2.45. The first-order chi connectivity index (χ1) is 10.8. The van der Waals surface area contributed by atoms with E-state index in [2.05, 4.69) is 15.0 Å². The highest BCUT2D eigenvalue weighted by molar-refractivity contribution is 5.70. The number of imidazole rings is 1. The second-order valence-electron chi connectivity index (χ2n) is 5.73. The van der Waals surface area contributed by atoms with E-state index >= 15 is 0 Å². The smallest absolute Gasteiger partial charge is 0.280 e. The summed E-state index contributed by atoms with van der Waals surface area (Å²) >= 11 is 0. The van der Waals surface area contributed by atoms with Gasteiger partial charge in [-0.2, -0.15) is 4.98 Å². The minimum absolute atomic E-state index is 0.00340. The first-order valence-electron chi connectivity index (χ1n) is 6.74. The average molecular weight is 329 g/mol. The van der Waals surface area contributed by atoms with Crippen molar-refractivity contribution in [2.45, 2.75) is 30.5 Å². The molecule has 23 heavy (non-hydrogen) atoms. The van der Waals surface area contributed by atoms with Gasteiger partial charge in [-0.3, -0.25) is 14.3 Å². The second kappa shape index (κ2) is 4.96. The number of nitrogens with two attached hydrogens (primary N) is 1. The zero-order valence-corrected chi connectivity index (χ0v) is 12.1. The third-order valence-electron chi connectivity index (χ3n) is 4.10. The van der Waals surface area contributed by atoms with Gasteiger partial charge in [0.25, 0.3) is 5.56 Å². The van der Waals surface area contributed by atoms with E-state index in [-0.39, 0.29) is 17.1 Å². The molecule has 126 valence electrons. The number of nitrogens with one attached hydrogen (secondary N) is 1. The molecule has 0 spiro atoms. The predicted molar refractivity (Wildman–Crippen MR) is 75.1 cm³/mol. The first-order valence-corrected chi connectivity index (χ1v) is 6.74. The van der Waals surface area contributed by atoms with Crippen LogP contribution in [0.3, 0.4) is 0 Å². The summed E-state index contributed by atoms with van der Waals surface area (Å²) in [6.45, 7) is -0.849. The molecule has 0 bridgehead atoms. The predicted octanol–water partition coefficient (Wildman–Crippen LogP) is -1.96. The Morgan fingerprint density at radius 1 is 1.61 bits per heavy atom. The van der Waals surface area contributed by atoms with Crippen LogP contribution < -0.4 is 11.3 Å². The van der Waals surface area contributed by atoms with Gasteiger partial charge in [0, 0.05) is 0 Å². The van der Waals surface area contributed by atoms with Crippen molar-refractivity contribution >= 4 is 17.1 Å². The molecular formula is C12H16FN5O5. The number of alkyl halides is 1. The third kappa shape index (κ3) is 2.05. The summed E-state index contributed by atoms with van der Waals surface area (Å²) in [6, 6.07) is 0. The number of fused-ring (bicyclic) bond motifs is 1. The maximum atomic E-state index is 13.3. The zero-order valence-electron chi connectivity index (χ0n) is 12.1. The minimum Gasteiger partial charge on any atom is -0.393 e. The van der Waals surface area contributed by atoms with Crippen molar-refractivity contribution in [1.82, 2.24) is 19.5 Å². The van der Waals surface area contributed by atoms with Crippen LogP contribution in [0.4, 0.5) is 10.3 Å². The Morgan fingerprint density at radius 3 is 2.87 bits per heavy atom. The molecule has 0 saturated carbocycles. The zero-order chi connectivity index (χ0) is 17.0. The normalized spacial score (nSPS) is 34.3. The molecule has 6 N–H and O–H groups in total. The number of aliphatic hydroxyl groups excluding tert-OH is 2. The molecule has 10 nitrogen and oxygen atoms in total. The van der Waals surface area contributed by atoms with Gasteiger partial charge in [-0.25, -0.2) is 9.37 Å². The molecule has 1 saturated heterocycles. The molecule has 0 amide bonds. The fraction of sp³-hybridized carbons (Fsp3) is 0.583. The van der Waals surface area contributed by atoms with Crippen LogP contribution in [0.2, 0.25) is 0 Å². The molecule has 4 atom stereocenters. The molecule has 0 aromatic carbocycles. The van der Waals surface area contributed by atoms with Crippen molar-refractivity contribution < 1.29 is 24.4 Å². The summed E-state index contributed by atoms with van der Waals surface area (Å²) in [4.78, 5) is 21.8. The Kier molecular flexibility index (Phi) is 3.41. The molecule has 1 fully saturated rings. The molecule has 1 unspecified atom stereocenters. The summed E-state index contributed by atoms with van der Waals surface area (Å²) in [5, 5.41) is 30.1. The van der Waals surface area contributed by atoms with E-state index < -0.39 is 42.4 Å². The molecule has 1 aliphatic rings. The maximum absolute atomic E-state index is 13.3. The number of nitrogens with zero attached hydrogens (tertiary/aromatic N) is 3. The Balaban J connectivity index is 2.17. The second-order valence-corrected chi connectivity index (χ2v) is 5.73. The van der Waals surface area contributed by atoms with Crippen LogP contribution >= 0.6 is 0 Å². The van der Waals surface area contributed by atoms with Gasteiger partial charge in [0.05, 0.1) is 12.9 Å². The van der Waals surface area contributed by atoms with Gasteiger partial charge < -0.3 is 25.8 Å². The Labute approximate surface area is 128 Å². The highest BCUT2D eigenvalue weighted by Gasteiger charge is 2.62. The van der Waals surface area contributed by atoms with Gasteiger partial charge in [-0.15, -0.1) is 0 Å². The molecule has 2 aromatic rings. The Bertz CT molecular complexity index is 799. The molecule has 2 aromatic heterocycles. The van der Waals surface area contributed by atoms with Crippen LogP contribution in [0.25, 0.3) is 11.2 Å². The van der Waals surface area contributed by atoms with Gasteiger partial charge >= 0.3 is 0 Å². The topological polar surface area (TPSA) is 160 Å². The lowest BCUT2D eigenvalue weighted by Crippen LogP contribution is -2.52. The van der Waals surface area contributed by atoms with E-state index in [0.717, 1.165) is 10.9 Å². The number of ether oxygens (including phenoxy) is 1. The summed E-state index contributed by atoms with van der Waals surface area (Å²) in [6.07, 6.45) is -1.89. The lowest BCUT2D eigenvalue weighted by molar-refractivity contribution is -0.137. The van der Waals surface area contributed by atoms with Crippen LogP contribution in [0.15, 0.2) is 11.1 Å². The SMILES string of the molecule is C[C@]1(O)C(n2cnc3c(=O)[nH]c(N)nc32)O[C@@](CO)(CF)[C@H]1O. The number of aromatic nitrogens is 4. The molecular weight excluding hydrogens is 313 g/mol. The van der Waals surface area contributed by atoms with E-state index in [9.17, 15) is 24.5 Å². The quantitative estimate of drug-likeness (QED) is 0.434.